The van der Waals surface area contributed by atoms with Crippen LogP contribution in [0.25, 0.3) is 0 Å². The molecule has 94 valence electrons. The van der Waals surface area contributed by atoms with Gasteiger partial charge in [-0.3, -0.25) is 0 Å². The van der Waals surface area contributed by atoms with Crippen LogP contribution >= 0.6 is 43.5 Å². The summed E-state index contributed by atoms with van der Waals surface area (Å²) in [5.74, 6) is 0.386. The lowest BCUT2D eigenvalue weighted by Gasteiger charge is -2.17. The molecule has 2 aromatic rings. The topological polar surface area (TPSA) is 0 Å². The molecule has 1 unspecified atom stereocenters. The Morgan fingerprint density at radius 2 is 1.67 bits per heavy atom. The molecule has 0 aliphatic carbocycles. The van der Waals surface area contributed by atoms with Crippen molar-refractivity contribution in [1.29, 1.82) is 0 Å². The molecule has 0 fully saturated rings. The lowest BCUT2D eigenvalue weighted by atomic mass is 9.94. The molecule has 0 nitrogen and oxygen atoms in total. The van der Waals surface area contributed by atoms with Crippen LogP contribution in [0.1, 0.15) is 17.0 Å². The molecule has 0 aliphatic heterocycles. The first-order valence-corrected chi connectivity index (χ1v) is 8.05. The second-order valence-electron chi connectivity index (χ2n) is 4.17. The Hall–Kier alpha value is -0.310. The maximum Gasteiger partial charge on any atom is 0.0441 e. The van der Waals surface area contributed by atoms with Gasteiger partial charge < -0.3 is 0 Å². The van der Waals surface area contributed by atoms with Crippen LogP contribution in [0.5, 0.6) is 0 Å². The zero-order chi connectivity index (χ0) is 13.0. The van der Waals surface area contributed by atoms with Crippen LogP contribution in [0, 0.1) is 0 Å². The number of hydrogen-bond acceptors (Lipinski definition) is 0. The Morgan fingerprint density at radius 1 is 1.00 bits per heavy atom. The summed E-state index contributed by atoms with van der Waals surface area (Å²) in [6.45, 7) is 0. The van der Waals surface area contributed by atoms with Gasteiger partial charge in [-0.1, -0.05) is 79.9 Å². The average molecular weight is 389 g/mol. The largest absolute Gasteiger partial charge is 0.0921 e. The monoisotopic (exact) mass is 386 g/mol. The first kappa shape index (κ1) is 14.1. The molecule has 0 heterocycles. The van der Waals surface area contributed by atoms with Gasteiger partial charge in [0.2, 0.25) is 0 Å². The Morgan fingerprint density at radius 3 is 2.33 bits per heavy atom. The molecule has 0 N–H and O–H groups in total. The molecule has 0 aromatic heterocycles. The summed E-state index contributed by atoms with van der Waals surface area (Å²) in [5, 5.41) is 1.74. The number of benzene rings is 2. The zero-order valence-corrected chi connectivity index (χ0v) is 13.7. The standard InChI is InChI=1S/C15H13Br2Cl/c16-10-12(13-6-2-4-8-15(13)18)9-11-5-1-3-7-14(11)17/h1-8,12H,9-10H2. The molecular weight excluding hydrogens is 375 g/mol. The first-order valence-electron chi connectivity index (χ1n) is 5.76. The minimum absolute atomic E-state index is 0.386. The van der Waals surface area contributed by atoms with Gasteiger partial charge in [0.1, 0.15) is 0 Å². The quantitative estimate of drug-likeness (QED) is 0.579. The molecule has 0 saturated carbocycles. The van der Waals surface area contributed by atoms with Crippen LogP contribution in [0.4, 0.5) is 0 Å². The lowest BCUT2D eigenvalue weighted by Crippen LogP contribution is -2.05. The van der Waals surface area contributed by atoms with Gasteiger partial charge in [0.15, 0.2) is 0 Å². The summed E-state index contributed by atoms with van der Waals surface area (Å²) >= 11 is 13.5. The highest BCUT2D eigenvalue weighted by molar-refractivity contribution is 9.10. The predicted octanol–water partition coefficient (Wildman–Crippen LogP) is 5.82. The highest BCUT2D eigenvalue weighted by Gasteiger charge is 2.15. The van der Waals surface area contributed by atoms with E-state index in [9.17, 15) is 0 Å². The molecule has 0 saturated heterocycles. The first-order chi connectivity index (χ1) is 8.72. The minimum Gasteiger partial charge on any atom is -0.0921 e. The van der Waals surface area contributed by atoms with Gasteiger partial charge in [-0.25, -0.2) is 0 Å². The number of alkyl halides is 1. The maximum atomic E-state index is 6.27. The van der Waals surface area contributed by atoms with Gasteiger partial charge >= 0.3 is 0 Å². The van der Waals surface area contributed by atoms with E-state index in [2.05, 4.69) is 56.1 Å². The van der Waals surface area contributed by atoms with Crippen LogP contribution in [0.2, 0.25) is 5.02 Å². The molecule has 3 heteroatoms. The zero-order valence-electron chi connectivity index (χ0n) is 9.74. The molecule has 2 aromatic carbocycles. The highest BCUT2D eigenvalue weighted by Crippen LogP contribution is 2.30. The summed E-state index contributed by atoms with van der Waals surface area (Å²) in [6.07, 6.45) is 0.969. The SMILES string of the molecule is Clc1ccccc1C(CBr)Cc1ccccc1Br. The second kappa shape index (κ2) is 6.74. The smallest absolute Gasteiger partial charge is 0.0441 e. The lowest BCUT2D eigenvalue weighted by molar-refractivity contribution is 0.773. The van der Waals surface area contributed by atoms with Gasteiger partial charge in [-0.2, -0.15) is 0 Å². The summed E-state index contributed by atoms with van der Waals surface area (Å²) in [6, 6.07) is 16.4. The van der Waals surface area contributed by atoms with E-state index in [1.165, 1.54) is 11.1 Å². The van der Waals surface area contributed by atoms with Crippen LogP contribution in [0.3, 0.4) is 0 Å². The van der Waals surface area contributed by atoms with Crippen LogP contribution in [-0.4, -0.2) is 5.33 Å². The summed E-state index contributed by atoms with van der Waals surface area (Å²) in [5.41, 5.74) is 2.51. The van der Waals surface area contributed by atoms with E-state index in [0.717, 1.165) is 21.2 Å². The molecule has 1 atom stereocenters. The van der Waals surface area contributed by atoms with Crippen LogP contribution < -0.4 is 0 Å². The van der Waals surface area contributed by atoms with Crippen molar-refractivity contribution in [2.75, 3.05) is 5.33 Å². The summed E-state index contributed by atoms with van der Waals surface area (Å²) < 4.78 is 1.16. The third-order valence-corrected chi connectivity index (χ3v) is 4.85. The number of hydrogen-bond donors (Lipinski definition) is 0. The van der Waals surface area contributed by atoms with Crippen molar-refractivity contribution < 1.29 is 0 Å². The number of rotatable bonds is 4. The molecule has 2 rings (SSSR count). The third-order valence-electron chi connectivity index (χ3n) is 2.96. The van der Waals surface area contributed by atoms with Gasteiger partial charge in [-0.15, -0.1) is 0 Å². The molecule has 0 aliphatic rings. The molecule has 18 heavy (non-hydrogen) atoms. The van der Waals surface area contributed by atoms with E-state index in [0.29, 0.717) is 5.92 Å². The molecule has 0 spiro atoms. The van der Waals surface area contributed by atoms with Crippen molar-refractivity contribution in [1.82, 2.24) is 0 Å². The van der Waals surface area contributed by atoms with E-state index < -0.39 is 0 Å². The Balaban J connectivity index is 2.26. The Labute approximate surface area is 130 Å². The summed E-state index contributed by atoms with van der Waals surface area (Å²) in [4.78, 5) is 0. The van der Waals surface area contributed by atoms with Crippen molar-refractivity contribution >= 4 is 43.5 Å². The fourth-order valence-electron chi connectivity index (χ4n) is 1.98. The van der Waals surface area contributed by atoms with E-state index in [-0.39, 0.29) is 0 Å². The second-order valence-corrected chi connectivity index (χ2v) is 6.08. The Bertz CT molecular complexity index is 525. The summed E-state index contributed by atoms with van der Waals surface area (Å²) in [7, 11) is 0. The van der Waals surface area contributed by atoms with Crippen molar-refractivity contribution in [2.24, 2.45) is 0 Å². The van der Waals surface area contributed by atoms with Crippen molar-refractivity contribution in [3.63, 3.8) is 0 Å². The molecule has 0 amide bonds. The van der Waals surface area contributed by atoms with Gasteiger partial charge in [0, 0.05) is 14.8 Å². The van der Waals surface area contributed by atoms with Crippen molar-refractivity contribution in [3.05, 3.63) is 69.2 Å². The fraction of sp³-hybridized carbons (Fsp3) is 0.200. The maximum absolute atomic E-state index is 6.27. The van der Waals surface area contributed by atoms with Gasteiger partial charge in [0.05, 0.1) is 0 Å². The van der Waals surface area contributed by atoms with Crippen LogP contribution in [-0.2, 0) is 6.42 Å². The number of halogens is 3. The van der Waals surface area contributed by atoms with E-state index in [1.807, 2.05) is 24.3 Å². The van der Waals surface area contributed by atoms with E-state index in [4.69, 9.17) is 11.6 Å². The average Bonchev–Trinajstić information content (AvgIpc) is 2.39. The molecule has 0 bridgehead atoms. The molecule has 0 radical (unpaired) electrons. The molecular formula is C15H13Br2Cl. The minimum atomic E-state index is 0.386. The fourth-order valence-corrected chi connectivity index (χ4v) is 3.30. The Kier molecular flexibility index (Phi) is 5.28. The van der Waals surface area contributed by atoms with Gasteiger partial charge in [-0.05, 0) is 35.6 Å². The van der Waals surface area contributed by atoms with Crippen molar-refractivity contribution in [2.45, 2.75) is 12.3 Å². The predicted molar refractivity (Wildman–Crippen MR) is 85.8 cm³/mol. The van der Waals surface area contributed by atoms with Crippen molar-refractivity contribution in [3.8, 4) is 0 Å². The van der Waals surface area contributed by atoms with Gasteiger partial charge in [0.25, 0.3) is 0 Å². The third kappa shape index (κ3) is 3.37. The van der Waals surface area contributed by atoms with E-state index in [1.54, 1.807) is 0 Å². The van der Waals surface area contributed by atoms with E-state index >= 15 is 0 Å². The van der Waals surface area contributed by atoms with Crippen LogP contribution in [0.15, 0.2) is 53.0 Å². The highest BCUT2D eigenvalue weighted by atomic mass is 79.9. The normalized spacial score (nSPS) is 12.4.